The molecule has 5 heteroatoms. The molecule has 0 saturated heterocycles. The quantitative estimate of drug-likeness (QED) is 0.809. The van der Waals surface area contributed by atoms with Crippen LogP contribution in [0.3, 0.4) is 0 Å². The van der Waals surface area contributed by atoms with Crippen molar-refractivity contribution in [1.29, 1.82) is 0 Å². The molecule has 2 rings (SSSR count). The van der Waals surface area contributed by atoms with Gasteiger partial charge in [-0.1, -0.05) is 6.07 Å². The van der Waals surface area contributed by atoms with E-state index in [1.165, 1.54) is 11.8 Å². The molecule has 0 unspecified atom stereocenters. The molecular weight excluding hydrogens is 291 g/mol. The number of hydrogen-bond acceptors (Lipinski definition) is 4. The van der Waals surface area contributed by atoms with E-state index in [0.717, 1.165) is 16.3 Å². The van der Waals surface area contributed by atoms with Gasteiger partial charge in [0, 0.05) is 22.0 Å². The summed E-state index contributed by atoms with van der Waals surface area (Å²) in [5, 5.41) is 6.58. The zero-order valence-electron chi connectivity index (χ0n) is 12.1. The summed E-state index contributed by atoms with van der Waals surface area (Å²) in [7, 11) is 0. The van der Waals surface area contributed by atoms with Gasteiger partial charge in [0.1, 0.15) is 10.8 Å². The minimum absolute atomic E-state index is 0.0830. The van der Waals surface area contributed by atoms with Gasteiger partial charge in [-0.05, 0) is 44.7 Å². The molecule has 1 aromatic heterocycles. The monoisotopic (exact) mass is 310 g/mol. The van der Waals surface area contributed by atoms with E-state index < -0.39 is 0 Å². The van der Waals surface area contributed by atoms with Gasteiger partial charge in [0.25, 0.3) is 0 Å². The fourth-order valence-corrected chi connectivity index (χ4v) is 3.34. The predicted octanol–water partition coefficient (Wildman–Crippen LogP) is 4.72. The van der Waals surface area contributed by atoms with Gasteiger partial charge in [-0.25, -0.2) is 9.37 Å². The van der Waals surface area contributed by atoms with Crippen LogP contribution in [-0.4, -0.2) is 11.2 Å². The van der Waals surface area contributed by atoms with Crippen molar-refractivity contribution in [1.82, 2.24) is 10.3 Å². The van der Waals surface area contributed by atoms with Crippen molar-refractivity contribution in [3.63, 3.8) is 0 Å². The fraction of sp³-hybridized carbons (Fsp3) is 0.400. The van der Waals surface area contributed by atoms with E-state index in [4.69, 9.17) is 0 Å². The molecule has 0 spiro atoms. The van der Waals surface area contributed by atoms with Gasteiger partial charge in [-0.2, -0.15) is 0 Å². The van der Waals surface area contributed by atoms with Crippen molar-refractivity contribution in [2.75, 3.05) is 6.26 Å². The van der Waals surface area contributed by atoms with Gasteiger partial charge < -0.3 is 5.32 Å². The van der Waals surface area contributed by atoms with Crippen LogP contribution >= 0.6 is 23.1 Å². The summed E-state index contributed by atoms with van der Waals surface area (Å²) >= 11 is 3.08. The molecule has 1 aromatic carbocycles. The van der Waals surface area contributed by atoms with Crippen LogP contribution in [0.2, 0.25) is 0 Å². The third-order valence-electron chi connectivity index (χ3n) is 3.18. The maximum atomic E-state index is 13.8. The molecular formula is C15H19FN2S2. The van der Waals surface area contributed by atoms with Gasteiger partial charge in [0.2, 0.25) is 0 Å². The van der Waals surface area contributed by atoms with Crippen molar-refractivity contribution >= 4 is 23.1 Å². The van der Waals surface area contributed by atoms with Crippen molar-refractivity contribution in [3.05, 3.63) is 45.7 Å². The van der Waals surface area contributed by atoms with Crippen molar-refractivity contribution < 1.29 is 4.39 Å². The minimum Gasteiger partial charge on any atom is -0.302 e. The van der Waals surface area contributed by atoms with E-state index in [2.05, 4.69) is 17.2 Å². The van der Waals surface area contributed by atoms with Gasteiger partial charge >= 0.3 is 0 Å². The number of rotatable bonds is 5. The van der Waals surface area contributed by atoms with Crippen molar-refractivity contribution in [2.45, 2.75) is 37.8 Å². The van der Waals surface area contributed by atoms with Gasteiger partial charge in [-0.15, -0.1) is 23.1 Å². The number of halogens is 1. The van der Waals surface area contributed by atoms with E-state index in [0.29, 0.717) is 4.90 Å². The molecule has 1 heterocycles. The number of hydrogen-bond donors (Lipinski definition) is 1. The molecule has 2 aromatic rings. The Morgan fingerprint density at radius 3 is 2.60 bits per heavy atom. The van der Waals surface area contributed by atoms with Gasteiger partial charge in [-0.3, -0.25) is 0 Å². The number of nitrogens with zero attached hydrogens (tertiary/aromatic N) is 1. The molecule has 0 aliphatic rings. The molecule has 0 bridgehead atoms. The number of aromatic nitrogens is 1. The average Bonchev–Trinajstić information content (AvgIpc) is 2.85. The van der Waals surface area contributed by atoms with Crippen LogP contribution in [-0.2, 0) is 0 Å². The first-order valence-corrected chi connectivity index (χ1v) is 8.63. The Bertz CT molecular complexity index is 583. The highest BCUT2D eigenvalue weighted by Gasteiger charge is 2.15. The molecule has 0 amide bonds. The summed E-state index contributed by atoms with van der Waals surface area (Å²) in [5.74, 6) is -0.151. The second-order valence-corrected chi connectivity index (χ2v) is 6.57. The van der Waals surface area contributed by atoms with Crippen LogP contribution in [0.1, 0.15) is 42.2 Å². The molecule has 2 atom stereocenters. The lowest BCUT2D eigenvalue weighted by Gasteiger charge is -2.19. The lowest BCUT2D eigenvalue weighted by atomic mass is 10.1. The van der Waals surface area contributed by atoms with Crippen molar-refractivity contribution in [2.24, 2.45) is 0 Å². The number of aryl methyl sites for hydroxylation is 1. The normalized spacial score (nSPS) is 14.2. The Hall–Kier alpha value is -0.910. The molecule has 20 heavy (non-hydrogen) atoms. The maximum Gasteiger partial charge on any atom is 0.137 e. The summed E-state index contributed by atoms with van der Waals surface area (Å²) in [5.41, 5.74) is 2.00. The first-order chi connectivity index (χ1) is 9.51. The lowest BCUT2D eigenvalue weighted by molar-refractivity contribution is 0.489. The Morgan fingerprint density at radius 2 is 2.05 bits per heavy atom. The van der Waals surface area contributed by atoms with E-state index >= 15 is 0 Å². The number of nitrogens with one attached hydrogen (secondary N) is 1. The standard InChI is InChI=1S/C15H19FN2S2/c1-9-8-20-15(17-9)11(3)18-10(2)12-5-6-14(19-4)13(16)7-12/h5-8,10-11,18H,1-4H3/t10-,11+/m1/s1. The summed E-state index contributed by atoms with van der Waals surface area (Å²) < 4.78 is 13.8. The van der Waals surface area contributed by atoms with Crippen LogP contribution in [0, 0.1) is 12.7 Å². The fourth-order valence-electron chi connectivity index (χ4n) is 2.07. The summed E-state index contributed by atoms with van der Waals surface area (Å²) in [4.78, 5) is 5.17. The summed E-state index contributed by atoms with van der Waals surface area (Å²) in [6, 6.07) is 5.67. The van der Waals surface area contributed by atoms with Gasteiger partial charge in [0.05, 0.1) is 6.04 Å². The Kier molecular flexibility index (Phi) is 5.18. The maximum absolute atomic E-state index is 13.8. The van der Waals surface area contributed by atoms with Crippen LogP contribution in [0.15, 0.2) is 28.5 Å². The van der Waals surface area contributed by atoms with E-state index in [9.17, 15) is 4.39 Å². The average molecular weight is 310 g/mol. The van der Waals surface area contributed by atoms with E-state index in [-0.39, 0.29) is 17.9 Å². The molecule has 108 valence electrons. The van der Waals surface area contributed by atoms with Crippen LogP contribution < -0.4 is 5.32 Å². The second-order valence-electron chi connectivity index (χ2n) is 4.83. The summed E-state index contributed by atoms with van der Waals surface area (Å²) in [6.45, 7) is 6.12. The molecule has 0 aliphatic carbocycles. The molecule has 0 saturated carbocycles. The third-order valence-corrected chi connectivity index (χ3v) is 5.10. The third kappa shape index (κ3) is 3.59. The van der Waals surface area contributed by atoms with E-state index in [1.807, 2.05) is 37.6 Å². The second kappa shape index (κ2) is 6.70. The Balaban J connectivity index is 2.07. The lowest BCUT2D eigenvalue weighted by Crippen LogP contribution is -2.22. The highest BCUT2D eigenvalue weighted by atomic mass is 32.2. The van der Waals surface area contributed by atoms with E-state index in [1.54, 1.807) is 17.4 Å². The Labute approximate surface area is 127 Å². The van der Waals surface area contributed by atoms with Crippen LogP contribution in [0.4, 0.5) is 4.39 Å². The predicted molar refractivity (Wildman–Crippen MR) is 85.0 cm³/mol. The van der Waals surface area contributed by atoms with Crippen molar-refractivity contribution in [3.8, 4) is 0 Å². The zero-order valence-corrected chi connectivity index (χ0v) is 13.7. The SMILES string of the molecule is CSc1ccc([C@@H](C)N[C@@H](C)c2nc(C)cs2)cc1F. The zero-order chi connectivity index (χ0) is 14.7. The molecule has 0 radical (unpaired) electrons. The number of benzene rings is 1. The minimum atomic E-state index is -0.151. The molecule has 0 aliphatic heterocycles. The van der Waals surface area contributed by atoms with Crippen LogP contribution in [0.5, 0.6) is 0 Å². The number of thioether (sulfide) groups is 1. The van der Waals surface area contributed by atoms with Gasteiger partial charge in [0.15, 0.2) is 0 Å². The van der Waals surface area contributed by atoms with Crippen LogP contribution in [0.25, 0.3) is 0 Å². The first kappa shape index (κ1) is 15.5. The highest BCUT2D eigenvalue weighted by Crippen LogP contribution is 2.25. The highest BCUT2D eigenvalue weighted by molar-refractivity contribution is 7.98. The largest absolute Gasteiger partial charge is 0.302 e. The first-order valence-electron chi connectivity index (χ1n) is 6.52. The topological polar surface area (TPSA) is 24.9 Å². The number of thiazole rings is 1. The molecule has 1 N–H and O–H groups in total. The smallest absolute Gasteiger partial charge is 0.137 e. The molecule has 0 fully saturated rings. The Morgan fingerprint density at radius 1 is 1.30 bits per heavy atom. The molecule has 2 nitrogen and oxygen atoms in total. The summed E-state index contributed by atoms with van der Waals surface area (Å²) in [6.07, 6.45) is 1.88.